The number of hydrogen-bond donors (Lipinski definition) is 1. The molecule has 4 atom stereocenters. The summed E-state index contributed by atoms with van der Waals surface area (Å²) in [5.41, 5.74) is 5.95. The molecule has 176 valence electrons. The molecule has 7 heteroatoms. The third-order valence-electron chi connectivity index (χ3n) is 8.47. The van der Waals surface area contributed by atoms with E-state index in [1.165, 1.54) is 11.1 Å². The Labute approximate surface area is 204 Å². The highest BCUT2D eigenvalue weighted by Crippen LogP contribution is 2.41. The van der Waals surface area contributed by atoms with Crippen LogP contribution in [0.25, 0.3) is 10.9 Å². The van der Waals surface area contributed by atoms with Crippen molar-refractivity contribution in [2.75, 3.05) is 31.1 Å². The zero-order valence-corrected chi connectivity index (χ0v) is 19.8. The number of hydrogen-bond acceptors (Lipinski definition) is 6. The molecule has 0 radical (unpaired) electrons. The van der Waals surface area contributed by atoms with Crippen LogP contribution in [0.2, 0.25) is 0 Å². The monoisotopic (exact) mass is 464 g/mol. The fourth-order valence-electron chi connectivity index (χ4n) is 6.76. The van der Waals surface area contributed by atoms with Crippen LogP contribution in [0.4, 0.5) is 5.69 Å². The van der Waals surface area contributed by atoms with Crippen LogP contribution in [0.3, 0.4) is 0 Å². The van der Waals surface area contributed by atoms with Crippen molar-refractivity contribution < 1.29 is 4.79 Å². The van der Waals surface area contributed by atoms with Crippen molar-refractivity contribution in [1.29, 1.82) is 5.26 Å². The minimum absolute atomic E-state index is 0.179. The van der Waals surface area contributed by atoms with E-state index < -0.39 is 0 Å². The number of rotatable bonds is 2. The second-order valence-corrected chi connectivity index (χ2v) is 10.5. The Kier molecular flexibility index (Phi) is 4.63. The lowest BCUT2D eigenvalue weighted by atomic mass is 9.98. The van der Waals surface area contributed by atoms with Gasteiger partial charge in [0.15, 0.2) is 0 Å². The van der Waals surface area contributed by atoms with Crippen LogP contribution in [0.5, 0.6) is 0 Å². The van der Waals surface area contributed by atoms with E-state index in [0.29, 0.717) is 23.7 Å². The summed E-state index contributed by atoms with van der Waals surface area (Å²) in [4.78, 5) is 24.9. The van der Waals surface area contributed by atoms with Gasteiger partial charge in [-0.3, -0.25) is 14.7 Å². The number of benzene rings is 2. The molecule has 3 saturated heterocycles. The summed E-state index contributed by atoms with van der Waals surface area (Å²) in [6, 6.07) is 18.1. The van der Waals surface area contributed by atoms with Crippen LogP contribution in [0, 0.1) is 11.3 Å². The first kappa shape index (κ1) is 20.9. The average molecular weight is 465 g/mol. The number of piperazine rings is 2. The number of likely N-dealkylation sites (tertiary alicyclic amines) is 1. The first-order chi connectivity index (χ1) is 17.1. The number of amides is 1. The summed E-state index contributed by atoms with van der Waals surface area (Å²) in [7, 11) is 0. The maximum atomic E-state index is 13.3. The molecule has 7 nitrogen and oxygen atoms in total. The predicted molar refractivity (Wildman–Crippen MR) is 134 cm³/mol. The Bertz CT molecular complexity index is 1400. The van der Waals surface area contributed by atoms with E-state index >= 15 is 0 Å². The van der Waals surface area contributed by atoms with Crippen LogP contribution in [0.15, 0.2) is 48.7 Å². The molecular weight excluding hydrogens is 436 g/mol. The summed E-state index contributed by atoms with van der Waals surface area (Å²) < 4.78 is 0. The third-order valence-corrected chi connectivity index (χ3v) is 8.47. The van der Waals surface area contributed by atoms with Gasteiger partial charge in [0.05, 0.1) is 17.1 Å². The van der Waals surface area contributed by atoms with Crippen molar-refractivity contribution in [1.82, 2.24) is 20.1 Å². The summed E-state index contributed by atoms with van der Waals surface area (Å²) in [5, 5.41) is 14.0. The van der Waals surface area contributed by atoms with Crippen molar-refractivity contribution in [3.8, 4) is 6.07 Å². The highest BCUT2D eigenvalue weighted by molar-refractivity contribution is 5.96. The number of aromatic nitrogens is 1. The summed E-state index contributed by atoms with van der Waals surface area (Å²) in [5.74, 6) is 0.179. The molecule has 4 aliphatic rings. The van der Waals surface area contributed by atoms with Gasteiger partial charge in [-0.2, -0.15) is 5.26 Å². The Morgan fingerprint density at radius 3 is 2.89 bits per heavy atom. The second kappa shape index (κ2) is 7.77. The van der Waals surface area contributed by atoms with Crippen molar-refractivity contribution in [2.24, 2.45) is 0 Å². The zero-order chi connectivity index (χ0) is 23.7. The van der Waals surface area contributed by atoms with Gasteiger partial charge in [-0.1, -0.05) is 6.07 Å². The van der Waals surface area contributed by atoms with Gasteiger partial charge in [-0.25, -0.2) is 0 Å². The number of fused-ring (bicyclic) bond motifs is 6. The summed E-state index contributed by atoms with van der Waals surface area (Å²) in [6.45, 7) is 6.71. The SMILES string of the molecule is C[C@@H]1CN(c2ccc(C#N)c3ncccc23)C[C@@H]2c3ccc(C(=O)N4C[C@@H]5C[C@H]4CN5)cc3CN12. The normalized spacial score (nSPS) is 27.2. The Morgan fingerprint density at radius 2 is 2.09 bits per heavy atom. The van der Waals surface area contributed by atoms with E-state index in [1.54, 1.807) is 6.20 Å². The molecule has 35 heavy (non-hydrogen) atoms. The summed E-state index contributed by atoms with van der Waals surface area (Å²) >= 11 is 0. The number of nitrogens with one attached hydrogen (secondary N) is 1. The highest BCUT2D eigenvalue weighted by Gasteiger charge is 2.42. The molecule has 3 fully saturated rings. The minimum Gasteiger partial charge on any atom is -0.368 e. The van der Waals surface area contributed by atoms with Crippen molar-refractivity contribution >= 4 is 22.5 Å². The van der Waals surface area contributed by atoms with Crippen LogP contribution < -0.4 is 10.2 Å². The maximum Gasteiger partial charge on any atom is 0.254 e. The molecule has 0 aliphatic carbocycles. The van der Waals surface area contributed by atoms with Crippen LogP contribution in [-0.4, -0.2) is 65.0 Å². The molecule has 1 aromatic heterocycles. The zero-order valence-electron chi connectivity index (χ0n) is 19.8. The molecule has 1 amide bonds. The molecular formula is C28H28N6O. The standard InChI is InChI=1S/C28H28N6O/c1-17-13-32(25-7-5-19(11-29)27-24(25)3-2-8-30-27)16-26-23-6-4-18(9-20(23)14-33(17)26)28(35)34-15-21-10-22(34)12-31-21/h2-9,17,21-22,26,31H,10,12-16H2,1H3/t17-,21+,22+,26-/m1/s1. The van der Waals surface area contributed by atoms with Crippen LogP contribution in [0.1, 0.15) is 46.4 Å². The Balaban J connectivity index is 1.19. The van der Waals surface area contributed by atoms with Crippen LogP contribution >= 0.6 is 0 Å². The molecule has 3 aromatic rings. The van der Waals surface area contributed by atoms with Crippen molar-refractivity contribution in [3.05, 3.63) is 70.9 Å². The van der Waals surface area contributed by atoms with Gasteiger partial charge < -0.3 is 15.1 Å². The van der Waals surface area contributed by atoms with Gasteiger partial charge in [-0.05, 0) is 60.9 Å². The van der Waals surface area contributed by atoms with E-state index in [9.17, 15) is 10.1 Å². The number of anilines is 1. The fraction of sp³-hybridized carbons (Fsp3) is 0.393. The van der Waals surface area contributed by atoms with E-state index in [2.05, 4.69) is 62.3 Å². The molecule has 7 rings (SSSR count). The molecule has 0 unspecified atom stereocenters. The molecule has 0 spiro atoms. The summed E-state index contributed by atoms with van der Waals surface area (Å²) in [6.07, 6.45) is 2.84. The molecule has 2 bridgehead atoms. The predicted octanol–water partition coefficient (Wildman–Crippen LogP) is 3.06. The minimum atomic E-state index is 0.179. The Morgan fingerprint density at radius 1 is 1.17 bits per heavy atom. The molecule has 0 saturated carbocycles. The second-order valence-electron chi connectivity index (χ2n) is 10.5. The van der Waals surface area contributed by atoms with E-state index in [1.807, 2.05) is 18.2 Å². The third kappa shape index (κ3) is 3.17. The molecule has 1 N–H and O–H groups in total. The maximum absolute atomic E-state index is 13.3. The smallest absolute Gasteiger partial charge is 0.254 e. The van der Waals surface area contributed by atoms with Crippen LogP contribution in [-0.2, 0) is 6.54 Å². The van der Waals surface area contributed by atoms with E-state index in [0.717, 1.165) is 61.3 Å². The quantitative estimate of drug-likeness (QED) is 0.628. The number of nitrogens with zero attached hydrogens (tertiary/aromatic N) is 5. The van der Waals surface area contributed by atoms with Gasteiger partial charge in [0.1, 0.15) is 6.07 Å². The van der Waals surface area contributed by atoms with Crippen molar-refractivity contribution in [2.45, 2.75) is 44.1 Å². The topological polar surface area (TPSA) is 75.5 Å². The van der Waals surface area contributed by atoms with Gasteiger partial charge in [0.25, 0.3) is 5.91 Å². The fourth-order valence-corrected chi connectivity index (χ4v) is 6.76. The molecule has 2 aromatic carbocycles. The lowest BCUT2D eigenvalue weighted by molar-refractivity contribution is 0.0716. The first-order valence-electron chi connectivity index (χ1n) is 12.6. The number of carbonyl (C=O) groups is 1. The van der Waals surface area contributed by atoms with Gasteiger partial charge >= 0.3 is 0 Å². The van der Waals surface area contributed by atoms with Gasteiger partial charge in [-0.15, -0.1) is 0 Å². The lowest BCUT2D eigenvalue weighted by Gasteiger charge is -2.43. The number of nitriles is 1. The first-order valence-corrected chi connectivity index (χ1v) is 12.6. The number of pyridine rings is 1. The van der Waals surface area contributed by atoms with Gasteiger partial charge in [0.2, 0.25) is 0 Å². The molecule has 5 heterocycles. The average Bonchev–Trinajstić information content (AvgIpc) is 3.62. The van der Waals surface area contributed by atoms with E-state index in [4.69, 9.17) is 0 Å². The van der Waals surface area contributed by atoms with E-state index in [-0.39, 0.29) is 11.9 Å². The Hall–Kier alpha value is -3.47. The number of carbonyl (C=O) groups excluding carboxylic acids is 1. The highest BCUT2D eigenvalue weighted by atomic mass is 16.2. The lowest BCUT2D eigenvalue weighted by Crippen LogP contribution is -2.51. The molecule has 4 aliphatic heterocycles. The van der Waals surface area contributed by atoms with Gasteiger partial charge in [0, 0.05) is 73.7 Å². The largest absolute Gasteiger partial charge is 0.368 e. The van der Waals surface area contributed by atoms with Crippen molar-refractivity contribution in [3.63, 3.8) is 0 Å².